The highest BCUT2D eigenvalue weighted by molar-refractivity contribution is 7.81. The number of hydrogen-bond donors (Lipinski definition) is 3. The molecule has 2 N–H and O–H groups in total. The molecule has 2 heterocycles. The van der Waals surface area contributed by atoms with Gasteiger partial charge in [-0.1, -0.05) is 0 Å². The van der Waals surface area contributed by atoms with Crippen LogP contribution in [0.25, 0.3) is 0 Å². The van der Waals surface area contributed by atoms with Gasteiger partial charge >= 0.3 is 6.09 Å². The summed E-state index contributed by atoms with van der Waals surface area (Å²) in [4.78, 5) is 27.0. The van der Waals surface area contributed by atoms with Crippen LogP contribution in [-0.4, -0.2) is 61.6 Å². The van der Waals surface area contributed by atoms with Crippen LogP contribution in [0.1, 0.15) is 12.8 Å². The maximum absolute atomic E-state index is 14.9. The van der Waals surface area contributed by atoms with E-state index in [4.69, 9.17) is 22.2 Å². The minimum absolute atomic E-state index is 0.0537. The molecule has 0 bridgehead atoms. The summed E-state index contributed by atoms with van der Waals surface area (Å²) in [6.07, 6.45) is 0.655. The van der Waals surface area contributed by atoms with E-state index in [1.165, 1.54) is 11.0 Å². The van der Waals surface area contributed by atoms with Crippen molar-refractivity contribution in [2.45, 2.75) is 18.9 Å². The van der Waals surface area contributed by atoms with Crippen molar-refractivity contribution in [3.05, 3.63) is 24.0 Å². The molecular weight excluding hydrogens is 441 g/mol. The summed E-state index contributed by atoms with van der Waals surface area (Å²) in [5.41, 5.74) is 0.909. The lowest BCUT2D eigenvalue weighted by molar-refractivity contribution is -0.118. The Hall–Kier alpha value is -2.58. The van der Waals surface area contributed by atoms with Crippen molar-refractivity contribution in [2.24, 2.45) is 5.92 Å². The smallest absolute Gasteiger partial charge is 0.414 e. The number of hydrogen-bond acceptors (Lipinski definition) is 7. The Kier molecular flexibility index (Phi) is 7.92. The van der Waals surface area contributed by atoms with Crippen LogP contribution in [-0.2, 0) is 9.53 Å². The molecule has 11 heteroatoms. The molecule has 0 spiro atoms. The second kappa shape index (κ2) is 10.6. The van der Waals surface area contributed by atoms with Gasteiger partial charge in [-0.15, -0.1) is 0 Å². The normalized spacial score (nSPS) is 19.0. The van der Waals surface area contributed by atoms with Gasteiger partial charge in [-0.3, -0.25) is 9.69 Å². The van der Waals surface area contributed by atoms with E-state index < -0.39 is 18.0 Å². The maximum Gasteiger partial charge on any atom is 0.414 e. The molecule has 1 aromatic carbocycles. The first kappa shape index (κ1) is 23.1. The molecule has 0 aliphatic carbocycles. The Bertz CT molecular complexity index is 886. The zero-order valence-electron chi connectivity index (χ0n) is 16.8. The van der Waals surface area contributed by atoms with Gasteiger partial charge < -0.3 is 20.3 Å². The van der Waals surface area contributed by atoms with E-state index in [1.54, 1.807) is 12.1 Å². The van der Waals surface area contributed by atoms with E-state index in [9.17, 15) is 14.0 Å². The first-order chi connectivity index (χ1) is 14.9. The number of halogens is 1. The number of cyclic esters (lactones) is 1. The third kappa shape index (κ3) is 5.98. The first-order valence-electron chi connectivity index (χ1n) is 9.99. The molecule has 2 aliphatic heterocycles. The summed E-state index contributed by atoms with van der Waals surface area (Å²) in [5, 5.41) is 14.3. The second-order valence-corrected chi connectivity index (χ2v) is 8.19. The highest BCUT2D eigenvalue weighted by Gasteiger charge is 2.33. The van der Waals surface area contributed by atoms with Crippen LogP contribution >= 0.6 is 24.8 Å². The number of nitriles is 1. The van der Waals surface area contributed by atoms with E-state index in [1.807, 2.05) is 11.0 Å². The molecule has 0 aromatic heterocycles. The molecule has 0 saturated carbocycles. The number of amides is 2. The third-order valence-corrected chi connectivity index (χ3v) is 5.92. The van der Waals surface area contributed by atoms with E-state index in [0.717, 1.165) is 12.8 Å². The van der Waals surface area contributed by atoms with E-state index >= 15 is 0 Å². The Balaban J connectivity index is 1.56. The zero-order chi connectivity index (χ0) is 22.4. The van der Waals surface area contributed by atoms with Crippen LogP contribution < -0.4 is 20.4 Å². The minimum atomic E-state index is -0.569. The molecular formula is C20H24FN5O3S2. The number of thiocarbonyl (C=S) groups is 1. The molecule has 0 radical (unpaired) electrons. The van der Waals surface area contributed by atoms with Gasteiger partial charge in [0.05, 0.1) is 30.2 Å². The lowest BCUT2D eigenvalue weighted by atomic mass is 9.96. The van der Waals surface area contributed by atoms with Crippen molar-refractivity contribution in [3.8, 4) is 6.07 Å². The topological polar surface area (TPSA) is 97.7 Å². The lowest BCUT2D eigenvalue weighted by Crippen LogP contribution is -2.38. The molecule has 2 fully saturated rings. The van der Waals surface area contributed by atoms with Crippen molar-refractivity contribution >= 4 is 53.2 Å². The first-order valence-corrected chi connectivity index (χ1v) is 11.0. The van der Waals surface area contributed by atoms with Crippen molar-refractivity contribution in [2.75, 3.05) is 48.3 Å². The summed E-state index contributed by atoms with van der Waals surface area (Å²) in [7, 11) is 0. The van der Waals surface area contributed by atoms with Gasteiger partial charge in [0.15, 0.2) is 4.99 Å². The van der Waals surface area contributed by atoms with Crippen molar-refractivity contribution in [1.29, 1.82) is 5.26 Å². The molecule has 2 saturated heterocycles. The molecule has 31 heavy (non-hydrogen) atoms. The average molecular weight is 466 g/mol. The largest absolute Gasteiger partial charge is 0.442 e. The predicted molar refractivity (Wildman–Crippen MR) is 122 cm³/mol. The Morgan fingerprint density at radius 2 is 2.06 bits per heavy atom. The molecule has 1 unspecified atom stereocenters. The summed E-state index contributed by atoms with van der Waals surface area (Å²) < 4.78 is 20.1. The highest BCUT2D eigenvalue weighted by atomic mass is 32.1. The Morgan fingerprint density at radius 1 is 1.32 bits per heavy atom. The number of carbonyl (C=O) groups excluding carboxylic acids is 2. The second-order valence-electron chi connectivity index (χ2n) is 7.47. The molecule has 2 amide bonds. The predicted octanol–water partition coefficient (Wildman–Crippen LogP) is 1.85. The number of piperidine rings is 1. The molecule has 166 valence electrons. The summed E-state index contributed by atoms with van der Waals surface area (Å²) >= 11 is 8.74. The number of carbonyl (C=O) groups is 2. The van der Waals surface area contributed by atoms with Crippen molar-refractivity contribution in [3.63, 3.8) is 0 Å². The van der Waals surface area contributed by atoms with Crippen LogP contribution in [0.2, 0.25) is 0 Å². The number of nitrogens with one attached hydrogen (secondary N) is 2. The Morgan fingerprint density at radius 3 is 2.71 bits per heavy atom. The van der Waals surface area contributed by atoms with Crippen molar-refractivity contribution < 1.29 is 18.7 Å². The standard InChI is InChI=1S/C20H24FN5O3S2/c21-16-7-14(26-11-15(29-20(26)28)10-23-18(27)12-30)1-2-17(16)25-5-3-13(4-6-25)9-24-19(31)8-22/h1-2,7,13,15,30H,3-6,9-12H2,(H,23,27)(H,24,31). The number of ether oxygens (including phenoxy) is 1. The van der Waals surface area contributed by atoms with Gasteiger partial charge in [0, 0.05) is 19.6 Å². The fourth-order valence-electron chi connectivity index (χ4n) is 3.70. The summed E-state index contributed by atoms with van der Waals surface area (Å²) in [6, 6.07) is 6.61. The average Bonchev–Trinajstić information content (AvgIpc) is 3.16. The van der Waals surface area contributed by atoms with Gasteiger partial charge in [-0.2, -0.15) is 17.9 Å². The monoisotopic (exact) mass is 465 g/mol. The van der Waals surface area contributed by atoms with Gasteiger partial charge in [-0.05, 0) is 49.2 Å². The number of nitrogens with zero attached hydrogens (tertiary/aromatic N) is 3. The lowest BCUT2D eigenvalue weighted by Gasteiger charge is -2.34. The van der Waals surface area contributed by atoms with Crippen LogP contribution in [0.5, 0.6) is 0 Å². The minimum Gasteiger partial charge on any atom is -0.442 e. The number of thiol groups is 1. The molecule has 1 aromatic rings. The van der Waals surface area contributed by atoms with E-state index in [2.05, 4.69) is 23.3 Å². The van der Waals surface area contributed by atoms with Crippen LogP contribution in [0, 0.1) is 23.1 Å². The molecule has 3 rings (SSSR count). The van der Waals surface area contributed by atoms with E-state index in [0.29, 0.717) is 36.9 Å². The third-order valence-electron chi connectivity index (χ3n) is 5.40. The SMILES string of the molecule is N#CC(=S)NCC1CCN(c2ccc(N3CC(CNC(=O)CS)OC3=O)cc2F)CC1. The van der Waals surface area contributed by atoms with Gasteiger partial charge in [0.25, 0.3) is 0 Å². The fraction of sp³-hybridized carbons (Fsp3) is 0.500. The maximum atomic E-state index is 14.9. The van der Waals surface area contributed by atoms with Gasteiger partial charge in [0.1, 0.15) is 18.0 Å². The number of rotatable bonds is 7. The Labute approximate surface area is 191 Å². The number of anilines is 2. The van der Waals surface area contributed by atoms with Crippen LogP contribution in [0.4, 0.5) is 20.6 Å². The molecule has 2 aliphatic rings. The quantitative estimate of drug-likeness (QED) is 0.418. The summed E-state index contributed by atoms with van der Waals surface area (Å²) in [5.74, 6) is -0.220. The van der Waals surface area contributed by atoms with Crippen LogP contribution in [0.3, 0.4) is 0 Å². The zero-order valence-corrected chi connectivity index (χ0v) is 18.6. The number of benzene rings is 1. The highest BCUT2D eigenvalue weighted by Crippen LogP contribution is 2.30. The molecule has 8 nitrogen and oxygen atoms in total. The van der Waals surface area contributed by atoms with Gasteiger partial charge in [0.2, 0.25) is 5.91 Å². The summed E-state index contributed by atoms with van der Waals surface area (Å²) in [6.45, 7) is 2.45. The van der Waals surface area contributed by atoms with Crippen molar-refractivity contribution in [1.82, 2.24) is 10.6 Å². The van der Waals surface area contributed by atoms with Crippen LogP contribution in [0.15, 0.2) is 18.2 Å². The fourth-order valence-corrected chi connectivity index (χ4v) is 3.89. The van der Waals surface area contributed by atoms with Gasteiger partial charge in [-0.25, -0.2) is 9.18 Å². The molecule has 1 atom stereocenters. The van der Waals surface area contributed by atoms with E-state index in [-0.39, 0.29) is 29.7 Å².